The molecule has 0 saturated carbocycles. The van der Waals surface area contributed by atoms with Crippen molar-refractivity contribution in [2.24, 2.45) is 0 Å². The minimum absolute atomic E-state index is 0.324. The van der Waals surface area contributed by atoms with E-state index in [1.54, 1.807) is 0 Å². The molecule has 0 spiro atoms. The van der Waals surface area contributed by atoms with Crippen LogP contribution in [0.4, 0.5) is 0 Å². The van der Waals surface area contributed by atoms with Crippen LogP contribution < -0.4 is 4.74 Å². The zero-order valence-electron chi connectivity index (χ0n) is 6.69. The van der Waals surface area contributed by atoms with E-state index in [0.29, 0.717) is 5.75 Å². The van der Waals surface area contributed by atoms with Crippen molar-refractivity contribution in [1.82, 2.24) is 0 Å². The lowest BCUT2D eigenvalue weighted by Gasteiger charge is -2.03. The fourth-order valence-corrected chi connectivity index (χ4v) is 1.76. The molecular formula is C7H7ClO4S. The Hall–Kier alpha value is -0.940. The van der Waals surface area contributed by atoms with Crippen LogP contribution in [0.3, 0.4) is 0 Å². The summed E-state index contributed by atoms with van der Waals surface area (Å²) in [4.78, 5) is -0.324. The summed E-state index contributed by atoms with van der Waals surface area (Å²) in [6, 6.07) is 3.75. The highest BCUT2D eigenvalue weighted by Gasteiger charge is 2.15. The van der Waals surface area contributed by atoms with Gasteiger partial charge < -0.3 is 9.84 Å². The Labute approximate surface area is 80.1 Å². The Morgan fingerprint density at radius 1 is 1.46 bits per heavy atom. The number of benzene rings is 1. The fourth-order valence-electron chi connectivity index (χ4n) is 0.830. The van der Waals surface area contributed by atoms with Crippen molar-refractivity contribution >= 4 is 19.7 Å². The van der Waals surface area contributed by atoms with Gasteiger partial charge in [0.05, 0.1) is 7.11 Å². The number of hydrogen-bond acceptors (Lipinski definition) is 4. The third-order valence-corrected chi connectivity index (χ3v) is 2.80. The first-order valence-corrected chi connectivity index (χ1v) is 5.58. The van der Waals surface area contributed by atoms with Gasteiger partial charge >= 0.3 is 0 Å². The average molecular weight is 223 g/mol. The third kappa shape index (κ3) is 2.26. The van der Waals surface area contributed by atoms with Crippen LogP contribution in [-0.4, -0.2) is 20.6 Å². The maximum Gasteiger partial charge on any atom is 0.264 e. The van der Waals surface area contributed by atoms with Gasteiger partial charge in [0, 0.05) is 16.7 Å². The Bertz CT molecular complexity index is 413. The van der Waals surface area contributed by atoms with E-state index in [-0.39, 0.29) is 4.90 Å². The molecule has 1 aromatic carbocycles. The van der Waals surface area contributed by atoms with Crippen LogP contribution in [0.1, 0.15) is 0 Å². The molecule has 6 heteroatoms. The number of methoxy groups -OCH3 is 1. The number of ether oxygens (including phenoxy) is 1. The van der Waals surface area contributed by atoms with E-state index < -0.39 is 14.8 Å². The first kappa shape index (κ1) is 10.1. The number of phenolic OH excluding ortho intramolecular Hbond substituents is 1. The van der Waals surface area contributed by atoms with Crippen molar-refractivity contribution in [2.45, 2.75) is 4.90 Å². The smallest absolute Gasteiger partial charge is 0.264 e. The fraction of sp³-hybridized carbons (Fsp3) is 0.143. The van der Waals surface area contributed by atoms with Crippen molar-refractivity contribution in [1.29, 1.82) is 0 Å². The third-order valence-electron chi connectivity index (χ3n) is 1.43. The molecule has 0 bridgehead atoms. The predicted molar refractivity (Wildman–Crippen MR) is 47.7 cm³/mol. The van der Waals surface area contributed by atoms with Gasteiger partial charge in [0.2, 0.25) is 0 Å². The number of halogens is 1. The molecule has 0 heterocycles. The predicted octanol–water partition coefficient (Wildman–Crippen LogP) is 1.33. The molecule has 0 radical (unpaired) electrons. The van der Waals surface area contributed by atoms with Crippen LogP contribution in [-0.2, 0) is 9.05 Å². The molecule has 72 valence electrons. The van der Waals surface area contributed by atoms with Gasteiger partial charge in [-0.05, 0) is 12.1 Å². The quantitative estimate of drug-likeness (QED) is 0.767. The summed E-state index contributed by atoms with van der Waals surface area (Å²) in [6.07, 6.45) is 0. The summed E-state index contributed by atoms with van der Waals surface area (Å²) in [5, 5.41) is 9.21. The summed E-state index contributed by atoms with van der Waals surface area (Å²) in [7, 11) is 2.55. The SMILES string of the molecule is COc1ccc(S(=O)(=O)Cl)c(O)c1. The zero-order valence-corrected chi connectivity index (χ0v) is 8.26. The maximum atomic E-state index is 10.8. The molecule has 1 rings (SSSR count). The molecule has 0 unspecified atom stereocenters. The lowest BCUT2D eigenvalue weighted by atomic mass is 10.3. The molecule has 4 nitrogen and oxygen atoms in total. The van der Waals surface area contributed by atoms with E-state index in [9.17, 15) is 13.5 Å². The van der Waals surface area contributed by atoms with E-state index in [1.165, 1.54) is 25.3 Å². The van der Waals surface area contributed by atoms with Crippen molar-refractivity contribution in [3.05, 3.63) is 18.2 Å². The van der Waals surface area contributed by atoms with E-state index in [0.717, 1.165) is 0 Å². The van der Waals surface area contributed by atoms with Crippen LogP contribution in [0.25, 0.3) is 0 Å². The van der Waals surface area contributed by atoms with Gasteiger partial charge in [0.25, 0.3) is 9.05 Å². The summed E-state index contributed by atoms with van der Waals surface area (Å²) in [5.41, 5.74) is 0. The highest BCUT2D eigenvalue weighted by atomic mass is 35.7. The van der Waals surface area contributed by atoms with Gasteiger partial charge in [-0.2, -0.15) is 0 Å². The molecule has 1 aromatic rings. The van der Waals surface area contributed by atoms with Crippen LogP contribution >= 0.6 is 10.7 Å². The van der Waals surface area contributed by atoms with Gasteiger partial charge in [-0.25, -0.2) is 8.42 Å². The molecule has 0 aliphatic rings. The van der Waals surface area contributed by atoms with E-state index in [2.05, 4.69) is 0 Å². The lowest BCUT2D eigenvalue weighted by Crippen LogP contribution is -1.91. The largest absolute Gasteiger partial charge is 0.506 e. The Morgan fingerprint density at radius 2 is 2.08 bits per heavy atom. The van der Waals surface area contributed by atoms with Crippen molar-refractivity contribution in [3.63, 3.8) is 0 Å². The normalized spacial score (nSPS) is 11.2. The highest BCUT2D eigenvalue weighted by molar-refractivity contribution is 8.13. The standard InChI is InChI=1S/C7H7ClO4S/c1-12-5-2-3-7(6(9)4-5)13(8,10)11/h2-4,9H,1H3. The summed E-state index contributed by atoms with van der Waals surface area (Å²) in [6.45, 7) is 0. The second kappa shape index (κ2) is 3.43. The summed E-state index contributed by atoms with van der Waals surface area (Å²) < 4.78 is 26.4. The van der Waals surface area contributed by atoms with E-state index >= 15 is 0 Å². The van der Waals surface area contributed by atoms with E-state index in [4.69, 9.17) is 15.4 Å². The number of rotatable bonds is 2. The maximum absolute atomic E-state index is 10.8. The minimum Gasteiger partial charge on any atom is -0.506 e. The first-order valence-electron chi connectivity index (χ1n) is 3.27. The van der Waals surface area contributed by atoms with Crippen LogP contribution in [0.5, 0.6) is 11.5 Å². The van der Waals surface area contributed by atoms with E-state index in [1.807, 2.05) is 0 Å². The topological polar surface area (TPSA) is 63.6 Å². The molecule has 0 amide bonds. The second-order valence-electron chi connectivity index (χ2n) is 2.27. The number of hydrogen-bond donors (Lipinski definition) is 1. The summed E-state index contributed by atoms with van der Waals surface area (Å²) in [5.74, 6) is -0.0593. The van der Waals surface area contributed by atoms with Crippen LogP contribution in [0.15, 0.2) is 23.1 Å². The average Bonchev–Trinajstić information content (AvgIpc) is 2.01. The number of phenols is 1. The Balaban J connectivity index is 3.29. The molecule has 0 aliphatic heterocycles. The minimum atomic E-state index is -3.89. The van der Waals surface area contributed by atoms with Gasteiger partial charge in [0.1, 0.15) is 16.4 Å². The number of aromatic hydroxyl groups is 1. The molecule has 1 N–H and O–H groups in total. The summed E-state index contributed by atoms with van der Waals surface area (Å²) >= 11 is 0. The molecule has 0 atom stereocenters. The lowest BCUT2D eigenvalue weighted by molar-refractivity contribution is 0.404. The van der Waals surface area contributed by atoms with Crippen molar-refractivity contribution < 1.29 is 18.3 Å². The van der Waals surface area contributed by atoms with Crippen molar-refractivity contribution in [2.75, 3.05) is 7.11 Å². The van der Waals surface area contributed by atoms with Crippen molar-refractivity contribution in [3.8, 4) is 11.5 Å². The monoisotopic (exact) mass is 222 g/mol. The van der Waals surface area contributed by atoms with Crippen LogP contribution in [0, 0.1) is 0 Å². The molecule has 13 heavy (non-hydrogen) atoms. The first-order chi connectivity index (χ1) is 5.95. The van der Waals surface area contributed by atoms with Gasteiger partial charge in [-0.1, -0.05) is 0 Å². The molecule has 0 aromatic heterocycles. The van der Waals surface area contributed by atoms with Crippen LogP contribution in [0.2, 0.25) is 0 Å². The van der Waals surface area contributed by atoms with Gasteiger partial charge in [0.15, 0.2) is 0 Å². The zero-order chi connectivity index (χ0) is 10.1. The van der Waals surface area contributed by atoms with Gasteiger partial charge in [-0.15, -0.1) is 0 Å². The molecule has 0 fully saturated rings. The molecule has 0 aliphatic carbocycles. The Kier molecular flexibility index (Phi) is 2.68. The second-order valence-corrected chi connectivity index (χ2v) is 4.81. The highest BCUT2D eigenvalue weighted by Crippen LogP contribution is 2.29. The van der Waals surface area contributed by atoms with Gasteiger partial charge in [-0.3, -0.25) is 0 Å². The Morgan fingerprint density at radius 3 is 2.46 bits per heavy atom. The molecular weight excluding hydrogens is 216 g/mol. The molecule has 0 saturated heterocycles.